The third-order valence-corrected chi connectivity index (χ3v) is 4.82. The molecule has 2 N–H and O–H groups in total. The number of nitrogens with zero attached hydrogens (tertiary/aromatic N) is 1. The fourth-order valence-electron chi connectivity index (χ4n) is 3.06. The first-order valence-electron chi connectivity index (χ1n) is 9.39. The highest BCUT2D eigenvalue weighted by Gasteiger charge is 2.26. The summed E-state index contributed by atoms with van der Waals surface area (Å²) in [5.74, 6) is 0.547. The summed E-state index contributed by atoms with van der Waals surface area (Å²) in [6, 6.07) is 12.2. The molecule has 0 aliphatic heterocycles. The highest BCUT2D eigenvalue weighted by molar-refractivity contribution is 5.96. The van der Waals surface area contributed by atoms with Gasteiger partial charge in [0.25, 0.3) is 11.6 Å². The van der Waals surface area contributed by atoms with E-state index in [2.05, 4.69) is 10.6 Å². The minimum absolute atomic E-state index is 0.0786. The van der Waals surface area contributed by atoms with E-state index in [1.807, 2.05) is 38.1 Å². The summed E-state index contributed by atoms with van der Waals surface area (Å²) in [5.41, 5.74) is 1.60. The van der Waals surface area contributed by atoms with Gasteiger partial charge in [0.15, 0.2) is 0 Å². The first-order chi connectivity index (χ1) is 13.4. The van der Waals surface area contributed by atoms with Crippen molar-refractivity contribution in [2.45, 2.75) is 38.8 Å². The lowest BCUT2D eigenvalue weighted by Crippen LogP contribution is -2.31. The molecule has 0 spiro atoms. The highest BCUT2D eigenvalue weighted by Crippen LogP contribution is 2.32. The van der Waals surface area contributed by atoms with E-state index in [1.54, 1.807) is 19.2 Å². The molecule has 0 saturated heterocycles. The van der Waals surface area contributed by atoms with Gasteiger partial charge in [-0.3, -0.25) is 14.9 Å². The van der Waals surface area contributed by atoms with Crippen molar-refractivity contribution in [2.24, 2.45) is 5.92 Å². The van der Waals surface area contributed by atoms with Gasteiger partial charge >= 0.3 is 0 Å². The van der Waals surface area contributed by atoms with Crippen LogP contribution in [-0.2, 0) is 0 Å². The van der Waals surface area contributed by atoms with E-state index in [0.717, 1.165) is 24.2 Å². The molecule has 0 heterocycles. The summed E-state index contributed by atoms with van der Waals surface area (Å²) in [6.45, 7) is 4.03. The molecule has 3 rings (SSSR count). The molecule has 2 aromatic carbocycles. The van der Waals surface area contributed by atoms with Gasteiger partial charge in [0.2, 0.25) is 0 Å². The fraction of sp³-hybridized carbons (Fsp3) is 0.381. The summed E-state index contributed by atoms with van der Waals surface area (Å²) in [7, 11) is 1.60. The molecular formula is C21H25N3O4. The summed E-state index contributed by atoms with van der Waals surface area (Å²) in [4.78, 5) is 23.8. The van der Waals surface area contributed by atoms with Crippen molar-refractivity contribution in [3.63, 3.8) is 0 Å². The molecule has 0 bridgehead atoms. The molecule has 28 heavy (non-hydrogen) atoms. The Labute approximate surface area is 164 Å². The van der Waals surface area contributed by atoms with Crippen LogP contribution in [0.1, 0.15) is 48.7 Å². The monoisotopic (exact) mass is 383 g/mol. The molecule has 7 nitrogen and oxygen atoms in total. The molecule has 0 radical (unpaired) electrons. The second kappa shape index (κ2) is 8.29. The van der Waals surface area contributed by atoms with Gasteiger partial charge < -0.3 is 15.4 Å². The van der Waals surface area contributed by atoms with Crippen molar-refractivity contribution in [2.75, 3.05) is 12.4 Å². The van der Waals surface area contributed by atoms with Crippen LogP contribution in [0, 0.1) is 16.0 Å². The van der Waals surface area contributed by atoms with Gasteiger partial charge in [-0.15, -0.1) is 0 Å². The van der Waals surface area contributed by atoms with Crippen LogP contribution in [0.15, 0.2) is 42.5 Å². The number of anilines is 1. The van der Waals surface area contributed by atoms with Crippen LogP contribution >= 0.6 is 0 Å². The predicted octanol–water partition coefficient (Wildman–Crippen LogP) is 4.30. The Bertz CT molecular complexity index is 860. The third-order valence-electron chi connectivity index (χ3n) is 4.82. The van der Waals surface area contributed by atoms with Crippen LogP contribution in [0.4, 0.5) is 11.4 Å². The zero-order valence-corrected chi connectivity index (χ0v) is 16.3. The van der Waals surface area contributed by atoms with E-state index >= 15 is 0 Å². The minimum atomic E-state index is -0.453. The van der Waals surface area contributed by atoms with Gasteiger partial charge in [-0.1, -0.05) is 26.0 Å². The third kappa shape index (κ3) is 4.60. The molecule has 148 valence electrons. The van der Waals surface area contributed by atoms with Gasteiger partial charge in [0.1, 0.15) is 11.4 Å². The summed E-state index contributed by atoms with van der Waals surface area (Å²) in [6.07, 6.45) is 2.02. The minimum Gasteiger partial charge on any atom is -0.497 e. The highest BCUT2D eigenvalue weighted by atomic mass is 16.6. The number of methoxy groups -OCH3 is 1. The molecule has 1 atom stereocenters. The standard InChI is InChI=1S/C21H25N3O4/c1-13(2)20(14-4-9-17(28-3)10-5-14)23-21(25)15-6-11-18(22-16-7-8-16)19(12-15)24(26)27/h4-6,9-13,16,20,22H,7-8H2,1-3H3,(H,23,25). The van der Waals surface area contributed by atoms with Gasteiger partial charge in [-0.2, -0.15) is 0 Å². The smallest absolute Gasteiger partial charge is 0.293 e. The Kier molecular flexibility index (Phi) is 5.82. The second-order valence-electron chi connectivity index (χ2n) is 7.38. The summed E-state index contributed by atoms with van der Waals surface area (Å²) in [5, 5.41) is 17.6. The largest absolute Gasteiger partial charge is 0.497 e. The number of nitro benzene ring substituents is 1. The van der Waals surface area contributed by atoms with Crippen LogP contribution < -0.4 is 15.4 Å². The van der Waals surface area contributed by atoms with Crippen molar-refractivity contribution < 1.29 is 14.5 Å². The molecule has 7 heteroatoms. The number of hydrogen-bond donors (Lipinski definition) is 2. The number of carbonyl (C=O) groups excluding carboxylic acids is 1. The van der Waals surface area contributed by atoms with E-state index < -0.39 is 4.92 Å². The first kappa shape index (κ1) is 19.7. The maximum atomic E-state index is 12.8. The van der Waals surface area contributed by atoms with Gasteiger partial charge in [0, 0.05) is 17.7 Å². The van der Waals surface area contributed by atoms with E-state index in [9.17, 15) is 14.9 Å². The number of nitro groups is 1. The topological polar surface area (TPSA) is 93.5 Å². The summed E-state index contributed by atoms with van der Waals surface area (Å²) >= 11 is 0. The normalized spacial score (nSPS) is 14.4. The summed E-state index contributed by atoms with van der Waals surface area (Å²) < 4.78 is 5.18. The molecule has 1 aliphatic rings. The van der Waals surface area contributed by atoms with E-state index in [0.29, 0.717) is 11.7 Å². The van der Waals surface area contributed by atoms with Crippen LogP contribution in [0.3, 0.4) is 0 Å². The van der Waals surface area contributed by atoms with E-state index in [1.165, 1.54) is 6.07 Å². The molecule has 2 aromatic rings. The van der Waals surface area contributed by atoms with Crippen molar-refractivity contribution in [1.82, 2.24) is 5.32 Å². The van der Waals surface area contributed by atoms with E-state index in [-0.39, 0.29) is 29.1 Å². The zero-order valence-electron chi connectivity index (χ0n) is 16.3. The molecule has 1 saturated carbocycles. The molecule has 1 amide bonds. The molecule has 1 unspecified atom stereocenters. The van der Waals surface area contributed by atoms with Gasteiger partial charge in [-0.25, -0.2) is 0 Å². The lowest BCUT2D eigenvalue weighted by Gasteiger charge is -2.23. The van der Waals surface area contributed by atoms with Crippen LogP contribution in [0.2, 0.25) is 0 Å². The number of amides is 1. The predicted molar refractivity (Wildman–Crippen MR) is 108 cm³/mol. The zero-order chi connectivity index (χ0) is 20.3. The van der Waals surface area contributed by atoms with Gasteiger partial charge in [0.05, 0.1) is 18.1 Å². The maximum absolute atomic E-state index is 12.8. The number of carbonyl (C=O) groups is 1. The number of hydrogen-bond acceptors (Lipinski definition) is 5. The Morgan fingerprint density at radius 3 is 2.39 bits per heavy atom. The van der Waals surface area contributed by atoms with Crippen molar-refractivity contribution in [1.29, 1.82) is 0 Å². The fourth-order valence-corrected chi connectivity index (χ4v) is 3.06. The quantitative estimate of drug-likeness (QED) is 0.523. The number of ether oxygens (including phenoxy) is 1. The number of rotatable bonds is 8. The lowest BCUT2D eigenvalue weighted by atomic mass is 9.95. The molecule has 1 aliphatic carbocycles. The van der Waals surface area contributed by atoms with Crippen molar-refractivity contribution >= 4 is 17.3 Å². The maximum Gasteiger partial charge on any atom is 0.293 e. The van der Waals surface area contributed by atoms with Gasteiger partial charge in [-0.05, 0) is 48.6 Å². The molecule has 0 aromatic heterocycles. The number of benzene rings is 2. The average Bonchev–Trinajstić information content (AvgIpc) is 3.50. The Balaban J connectivity index is 1.80. The average molecular weight is 383 g/mol. The van der Waals surface area contributed by atoms with Crippen LogP contribution in [-0.4, -0.2) is 24.0 Å². The molecule has 1 fully saturated rings. The van der Waals surface area contributed by atoms with Crippen molar-refractivity contribution in [3.8, 4) is 5.75 Å². The molecular weight excluding hydrogens is 358 g/mol. The Morgan fingerprint density at radius 2 is 1.86 bits per heavy atom. The second-order valence-corrected chi connectivity index (χ2v) is 7.38. The number of nitrogens with one attached hydrogen (secondary N) is 2. The van der Waals surface area contributed by atoms with E-state index in [4.69, 9.17) is 4.74 Å². The first-order valence-corrected chi connectivity index (χ1v) is 9.39. The van der Waals surface area contributed by atoms with Crippen LogP contribution in [0.25, 0.3) is 0 Å². The SMILES string of the molecule is COc1ccc(C(NC(=O)c2ccc(NC3CC3)c([N+](=O)[O-])c2)C(C)C)cc1. The Hall–Kier alpha value is -3.09. The van der Waals surface area contributed by atoms with Crippen molar-refractivity contribution in [3.05, 3.63) is 63.7 Å². The Morgan fingerprint density at radius 1 is 1.18 bits per heavy atom. The van der Waals surface area contributed by atoms with Crippen LogP contribution in [0.5, 0.6) is 5.75 Å². The lowest BCUT2D eigenvalue weighted by molar-refractivity contribution is -0.384.